The zero-order chi connectivity index (χ0) is 12.0. The molecule has 0 radical (unpaired) electrons. The van der Waals surface area contributed by atoms with Gasteiger partial charge in [0.2, 0.25) is 0 Å². The fraction of sp³-hybridized carbons (Fsp3) is 0.500. The number of hydrogen-bond acceptors (Lipinski definition) is 3. The molecule has 1 aromatic rings. The lowest BCUT2D eigenvalue weighted by molar-refractivity contribution is 0.0952. The third-order valence-corrected chi connectivity index (χ3v) is 2.28. The highest BCUT2D eigenvalue weighted by molar-refractivity contribution is 5.94. The first-order valence-electron chi connectivity index (χ1n) is 5.56. The van der Waals surface area contributed by atoms with Gasteiger partial charge in [-0.3, -0.25) is 9.78 Å². The van der Waals surface area contributed by atoms with Gasteiger partial charge in [0.25, 0.3) is 5.91 Å². The smallest absolute Gasteiger partial charge is 0.251 e. The summed E-state index contributed by atoms with van der Waals surface area (Å²) < 4.78 is 0. The van der Waals surface area contributed by atoms with Gasteiger partial charge in [0, 0.05) is 30.0 Å². The van der Waals surface area contributed by atoms with Crippen molar-refractivity contribution in [2.75, 3.05) is 6.54 Å². The Morgan fingerprint density at radius 3 is 3.00 bits per heavy atom. The number of nitrogens with zero attached hydrogens (tertiary/aromatic N) is 1. The van der Waals surface area contributed by atoms with E-state index < -0.39 is 0 Å². The lowest BCUT2D eigenvalue weighted by Gasteiger charge is -2.07. The van der Waals surface area contributed by atoms with E-state index in [0.717, 1.165) is 18.5 Å². The SMILES string of the molecule is Cc1cc(C(=O)NCCCC(C)N)ccn1. The van der Waals surface area contributed by atoms with E-state index in [9.17, 15) is 4.79 Å². The molecule has 4 nitrogen and oxygen atoms in total. The van der Waals surface area contributed by atoms with Gasteiger partial charge in [-0.25, -0.2) is 0 Å². The van der Waals surface area contributed by atoms with Gasteiger partial charge in [-0.2, -0.15) is 0 Å². The molecule has 3 N–H and O–H groups in total. The van der Waals surface area contributed by atoms with Crippen LogP contribution in [0.15, 0.2) is 18.3 Å². The minimum atomic E-state index is -0.0461. The highest BCUT2D eigenvalue weighted by atomic mass is 16.1. The van der Waals surface area contributed by atoms with Crippen molar-refractivity contribution >= 4 is 5.91 Å². The van der Waals surface area contributed by atoms with Gasteiger partial charge in [-0.05, 0) is 38.8 Å². The monoisotopic (exact) mass is 221 g/mol. The second-order valence-electron chi connectivity index (χ2n) is 4.06. The maximum atomic E-state index is 11.7. The second kappa shape index (κ2) is 6.23. The van der Waals surface area contributed by atoms with E-state index in [1.165, 1.54) is 0 Å². The van der Waals surface area contributed by atoms with Crippen LogP contribution in [0.2, 0.25) is 0 Å². The van der Waals surface area contributed by atoms with Crippen LogP contribution in [0.4, 0.5) is 0 Å². The molecule has 0 aliphatic rings. The summed E-state index contributed by atoms with van der Waals surface area (Å²) in [4.78, 5) is 15.7. The molecule has 16 heavy (non-hydrogen) atoms. The Labute approximate surface area is 96.3 Å². The van der Waals surface area contributed by atoms with Crippen LogP contribution in [0.1, 0.15) is 35.8 Å². The van der Waals surface area contributed by atoms with Gasteiger partial charge in [-0.15, -0.1) is 0 Å². The van der Waals surface area contributed by atoms with Gasteiger partial charge in [0.1, 0.15) is 0 Å². The predicted octanol–water partition coefficient (Wildman–Crippen LogP) is 1.25. The first-order valence-corrected chi connectivity index (χ1v) is 5.56. The van der Waals surface area contributed by atoms with Crippen molar-refractivity contribution in [3.63, 3.8) is 0 Å². The fourth-order valence-corrected chi connectivity index (χ4v) is 1.41. The Balaban J connectivity index is 2.35. The lowest BCUT2D eigenvalue weighted by Crippen LogP contribution is -2.26. The summed E-state index contributed by atoms with van der Waals surface area (Å²) in [6.45, 7) is 4.50. The van der Waals surface area contributed by atoms with Gasteiger partial charge >= 0.3 is 0 Å². The quantitative estimate of drug-likeness (QED) is 0.735. The molecular formula is C12H19N3O. The van der Waals surface area contributed by atoms with E-state index in [1.807, 2.05) is 13.8 Å². The molecule has 0 aliphatic carbocycles. The number of amides is 1. The van der Waals surface area contributed by atoms with Crippen molar-refractivity contribution in [3.8, 4) is 0 Å². The molecule has 1 atom stereocenters. The van der Waals surface area contributed by atoms with Gasteiger partial charge in [-0.1, -0.05) is 0 Å². The van der Waals surface area contributed by atoms with Crippen LogP contribution in [0, 0.1) is 6.92 Å². The summed E-state index contributed by atoms with van der Waals surface area (Å²) in [6, 6.07) is 3.69. The molecule has 1 aromatic heterocycles. The van der Waals surface area contributed by atoms with Gasteiger partial charge in [0.05, 0.1) is 0 Å². The molecule has 88 valence electrons. The molecule has 0 saturated carbocycles. The minimum Gasteiger partial charge on any atom is -0.352 e. The van der Waals surface area contributed by atoms with Crippen LogP contribution in [-0.2, 0) is 0 Å². The van der Waals surface area contributed by atoms with E-state index in [1.54, 1.807) is 18.3 Å². The zero-order valence-corrected chi connectivity index (χ0v) is 9.86. The number of hydrogen-bond donors (Lipinski definition) is 2. The first-order chi connectivity index (χ1) is 7.59. The predicted molar refractivity (Wildman–Crippen MR) is 64.2 cm³/mol. The molecule has 1 rings (SSSR count). The first kappa shape index (κ1) is 12.6. The summed E-state index contributed by atoms with van der Waals surface area (Å²) >= 11 is 0. The van der Waals surface area contributed by atoms with Crippen molar-refractivity contribution < 1.29 is 4.79 Å². The molecular weight excluding hydrogens is 202 g/mol. The zero-order valence-electron chi connectivity index (χ0n) is 9.86. The number of pyridine rings is 1. The summed E-state index contributed by atoms with van der Waals surface area (Å²) in [7, 11) is 0. The van der Waals surface area contributed by atoms with Crippen LogP contribution < -0.4 is 11.1 Å². The fourth-order valence-electron chi connectivity index (χ4n) is 1.41. The standard InChI is InChI=1S/C12H19N3O/c1-9(13)4-3-6-15-12(16)11-5-7-14-10(2)8-11/h5,7-9H,3-4,6,13H2,1-2H3,(H,15,16). The summed E-state index contributed by atoms with van der Waals surface area (Å²) in [6.07, 6.45) is 3.48. The van der Waals surface area contributed by atoms with Crippen LogP contribution in [0.5, 0.6) is 0 Å². The lowest BCUT2D eigenvalue weighted by atomic mass is 10.2. The third kappa shape index (κ3) is 4.40. The average molecular weight is 221 g/mol. The van der Waals surface area contributed by atoms with Crippen LogP contribution in [0.25, 0.3) is 0 Å². The molecule has 1 unspecified atom stereocenters. The largest absolute Gasteiger partial charge is 0.352 e. The van der Waals surface area contributed by atoms with E-state index in [4.69, 9.17) is 5.73 Å². The number of nitrogens with one attached hydrogen (secondary N) is 1. The Morgan fingerprint density at radius 2 is 2.38 bits per heavy atom. The molecule has 0 aliphatic heterocycles. The van der Waals surface area contributed by atoms with Crippen molar-refractivity contribution in [1.29, 1.82) is 0 Å². The highest BCUT2D eigenvalue weighted by Crippen LogP contribution is 2.00. The average Bonchev–Trinajstić information content (AvgIpc) is 2.24. The number of aromatic nitrogens is 1. The molecule has 0 fully saturated rings. The molecule has 0 bridgehead atoms. The number of rotatable bonds is 5. The van der Waals surface area contributed by atoms with Crippen molar-refractivity contribution in [3.05, 3.63) is 29.6 Å². The molecule has 0 spiro atoms. The molecule has 1 heterocycles. The second-order valence-corrected chi connectivity index (χ2v) is 4.06. The van der Waals surface area contributed by atoms with Gasteiger partial charge < -0.3 is 11.1 Å². The Hall–Kier alpha value is -1.42. The molecule has 4 heteroatoms. The number of carbonyl (C=O) groups excluding carboxylic acids is 1. The maximum absolute atomic E-state index is 11.7. The van der Waals surface area contributed by atoms with Crippen LogP contribution in [-0.4, -0.2) is 23.5 Å². The summed E-state index contributed by atoms with van der Waals surface area (Å²) in [5.74, 6) is -0.0461. The highest BCUT2D eigenvalue weighted by Gasteiger charge is 2.04. The van der Waals surface area contributed by atoms with Crippen molar-refractivity contribution in [1.82, 2.24) is 10.3 Å². The number of carbonyl (C=O) groups is 1. The van der Waals surface area contributed by atoms with E-state index in [-0.39, 0.29) is 11.9 Å². The van der Waals surface area contributed by atoms with Crippen LogP contribution in [0.3, 0.4) is 0 Å². The topological polar surface area (TPSA) is 68.0 Å². The van der Waals surface area contributed by atoms with E-state index >= 15 is 0 Å². The van der Waals surface area contributed by atoms with E-state index in [0.29, 0.717) is 12.1 Å². The molecule has 0 saturated heterocycles. The third-order valence-electron chi connectivity index (χ3n) is 2.28. The Morgan fingerprint density at radius 1 is 1.62 bits per heavy atom. The minimum absolute atomic E-state index is 0.0461. The normalized spacial score (nSPS) is 12.2. The Bertz CT molecular complexity index is 350. The Kier molecular flexibility index (Phi) is 4.92. The number of nitrogens with two attached hydrogens (primary N) is 1. The van der Waals surface area contributed by atoms with E-state index in [2.05, 4.69) is 10.3 Å². The maximum Gasteiger partial charge on any atom is 0.251 e. The summed E-state index contributed by atoms with van der Waals surface area (Å²) in [5, 5.41) is 2.86. The summed E-state index contributed by atoms with van der Waals surface area (Å²) in [5.41, 5.74) is 7.13. The molecule has 1 amide bonds. The molecule has 0 aromatic carbocycles. The number of aryl methyl sites for hydroxylation is 1. The van der Waals surface area contributed by atoms with Crippen molar-refractivity contribution in [2.45, 2.75) is 32.7 Å². The van der Waals surface area contributed by atoms with Crippen molar-refractivity contribution in [2.24, 2.45) is 5.73 Å². The van der Waals surface area contributed by atoms with Crippen LogP contribution >= 0.6 is 0 Å². The van der Waals surface area contributed by atoms with Gasteiger partial charge in [0.15, 0.2) is 0 Å².